The van der Waals surface area contributed by atoms with Crippen molar-refractivity contribution in [1.29, 1.82) is 5.41 Å². The van der Waals surface area contributed by atoms with E-state index in [1.54, 1.807) is 23.1 Å². The molecule has 0 aliphatic carbocycles. The Morgan fingerprint density at radius 1 is 1.58 bits per heavy atom. The van der Waals surface area contributed by atoms with E-state index in [0.717, 1.165) is 41.4 Å². The van der Waals surface area contributed by atoms with Gasteiger partial charge in [0.2, 0.25) is 5.13 Å². The molecule has 0 bridgehead atoms. The van der Waals surface area contributed by atoms with Crippen LogP contribution in [-0.4, -0.2) is 42.8 Å². The number of aliphatic imine (C=N–C) groups is 1. The first-order chi connectivity index (χ1) is 9.28. The van der Waals surface area contributed by atoms with Crippen LogP contribution in [0.4, 0.5) is 5.13 Å². The summed E-state index contributed by atoms with van der Waals surface area (Å²) in [5, 5.41) is 16.5. The number of ether oxygens (including phenoxy) is 1. The topological polar surface area (TPSA) is 82.4 Å². The van der Waals surface area contributed by atoms with Crippen LogP contribution in [-0.2, 0) is 10.5 Å². The molecule has 0 unspecified atom stereocenters. The second kappa shape index (κ2) is 7.34. The summed E-state index contributed by atoms with van der Waals surface area (Å²) in [6.45, 7) is 1.83. The molecule has 0 amide bonds. The monoisotopic (exact) mass is 299 g/mol. The largest absolute Gasteiger partial charge is 0.484 e. The summed E-state index contributed by atoms with van der Waals surface area (Å²) in [5.41, 5.74) is 1.04. The van der Waals surface area contributed by atoms with Crippen LogP contribution in [0.2, 0.25) is 0 Å². The third kappa shape index (κ3) is 4.71. The lowest BCUT2D eigenvalue weighted by atomic mass is 10.5. The number of hydrogen-bond donors (Lipinski definition) is 3. The maximum absolute atomic E-state index is 7.37. The molecule has 3 N–H and O–H groups in total. The minimum absolute atomic E-state index is 0.330. The molecule has 0 aromatic carbocycles. The van der Waals surface area contributed by atoms with Gasteiger partial charge in [-0.1, -0.05) is 0 Å². The second-order valence-electron chi connectivity index (χ2n) is 3.87. The highest BCUT2D eigenvalue weighted by Gasteiger charge is 2.07. The van der Waals surface area contributed by atoms with Crippen molar-refractivity contribution in [3.8, 4) is 0 Å². The van der Waals surface area contributed by atoms with E-state index in [2.05, 4.69) is 20.6 Å². The quantitative estimate of drug-likeness (QED) is 0.422. The van der Waals surface area contributed by atoms with E-state index in [1.165, 1.54) is 7.11 Å². The first-order valence-electron chi connectivity index (χ1n) is 5.98. The van der Waals surface area contributed by atoms with Gasteiger partial charge in [-0.15, -0.1) is 11.3 Å². The maximum Gasteiger partial charge on any atom is 0.212 e. The zero-order valence-electron chi connectivity index (χ0n) is 10.7. The molecule has 2 rings (SSSR count). The Bertz CT molecular complexity index is 452. The van der Waals surface area contributed by atoms with Gasteiger partial charge in [-0.2, -0.15) is 16.8 Å². The molecule has 104 valence electrons. The van der Waals surface area contributed by atoms with Crippen LogP contribution in [0.5, 0.6) is 0 Å². The van der Waals surface area contributed by atoms with Crippen LogP contribution in [0.1, 0.15) is 12.1 Å². The average Bonchev–Trinajstić information content (AvgIpc) is 3.07. The Kier molecular flexibility index (Phi) is 5.46. The van der Waals surface area contributed by atoms with Crippen LogP contribution in [0.15, 0.2) is 10.4 Å². The van der Waals surface area contributed by atoms with Gasteiger partial charge in [0.15, 0.2) is 11.9 Å². The Balaban J connectivity index is 1.74. The van der Waals surface area contributed by atoms with Gasteiger partial charge >= 0.3 is 0 Å². The number of rotatable bonds is 6. The third-order valence-electron chi connectivity index (χ3n) is 2.43. The van der Waals surface area contributed by atoms with Crippen molar-refractivity contribution in [2.45, 2.75) is 12.2 Å². The smallest absolute Gasteiger partial charge is 0.212 e. The molecule has 1 saturated heterocycles. The normalized spacial score (nSPS) is 13.8. The molecule has 0 spiro atoms. The molecule has 1 aromatic heterocycles. The van der Waals surface area contributed by atoms with Gasteiger partial charge in [-0.05, 0) is 0 Å². The van der Waals surface area contributed by atoms with Gasteiger partial charge in [0.1, 0.15) is 0 Å². The fraction of sp³-hybridized carbons (Fsp3) is 0.545. The first kappa shape index (κ1) is 14.1. The number of thiazole rings is 1. The third-order valence-corrected chi connectivity index (χ3v) is 4.20. The summed E-state index contributed by atoms with van der Waals surface area (Å²) in [6, 6.07) is 0. The van der Waals surface area contributed by atoms with E-state index >= 15 is 0 Å². The highest BCUT2D eigenvalue weighted by molar-refractivity contribution is 7.98. The van der Waals surface area contributed by atoms with E-state index in [1.807, 2.05) is 5.38 Å². The van der Waals surface area contributed by atoms with Gasteiger partial charge in [0.05, 0.1) is 12.8 Å². The molecular formula is C11H17N5OS2. The maximum atomic E-state index is 7.37. The van der Waals surface area contributed by atoms with Gasteiger partial charge < -0.3 is 15.4 Å². The van der Waals surface area contributed by atoms with E-state index in [0.29, 0.717) is 12.3 Å². The van der Waals surface area contributed by atoms with E-state index in [4.69, 9.17) is 10.1 Å². The zero-order chi connectivity index (χ0) is 13.5. The Labute approximate surface area is 120 Å². The summed E-state index contributed by atoms with van der Waals surface area (Å²) in [5.74, 6) is 2.86. The Morgan fingerprint density at radius 3 is 3.11 bits per heavy atom. The predicted octanol–water partition coefficient (Wildman–Crippen LogP) is 1.57. The number of guanidine groups is 1. The number of aromatic nitrogens is 1. The van der Waals surface area contributed by atoms with Crippen molar-refractivity contribution in [3.63, 3.8) is 0 Å². The molecule has 0 radical (unpaired) electrons. The Hall–Kier alpha value is -1.28. The van der Waals surface area contributed by atoms with Crippen molar-refractivity contribution < 1.29 is 4.74 Å². The standard InChI is InChI=1S/C11H17N5OS2/c1-17-9(12)2-5-18-6-8-7-19-11(15-8)16-10-13-3-4-14-10/h7,12H,2-6H2,1H3,(H2,13,14,15,16). The number of thioether (sulfide) groups is 1. The second-order valence-corrected chi connectivity index (χ2v) is 5.81. The molecular weight excluding hydrogens is 282 g/mol. The molecule has 1 aliphatic rings. The fourth-order valence-electron chi connectivity index (χ4n) is 1.46. The van der Waals surface area contributed by atoms with Gasteiger partial charge in [0, 0.05) is 36.4 Å². The zero-order valence-corrected chi connectivity index (χ0v) is 12.4. The van der Waals surface area contributed by atoms with Crippen LogP contribution >= 0.6 is 23.1 Å². The molecule has 6 nitrogen and oxygen atoms in total. The van der Waals surface area contributed by atoms with Crippen molar-refractivity contribution >= 4 is 40.1 Å². The van der Waals surface area contributed by atoms with E-state index in [-0.39, 0.29) is 0 Å². The summed E-state index contributed by atoms with van der Waals surface area (Å²) >= 11 is 3.30. The van der Waals surface area contributed by atoms with Crippen molar-refractivity contribution in [2.75, 3.05) is 26.0 Å². The summed E-state index contributed by atoms with van der Waals surface area (Å²) in [7, 11) is 1.53. The lowest BCUT2D eigenvalue weighted by Gasteiger charge is -2.00. The Morgan fingerprint density at radius 2 is 2.37 bits per heavy atom. The minimum atomic E-state index is 0.330. The number of methoxy groups -OCH3 is 1. The summed E-state index contributed by atoms with van der Waals surface area (Å²) in [6.07, 6.45) is 0.661. The van der Waals surface area contributed by atoms with Crippen molar-refractivity contribution in [3.05, 3.63) is 11.1 Å². The van der Waals surface area contributed by atoms with Gasteiger partial charge in [-0.3, -0.25) is 5.41 Å². The number of hydrogen-bond acceptors (Lipinski definition) is 6. The molecule has 8 heteroatoms. The molecule has 0 atom stereocenters. The van der Waals surface area contributed by atoms with Crippen LogP contribution < -0.4 is 10.6 Å². The van der Waals surface area contributed by atoms with Crippen molar-refractivity contribution in [1.82, 2.24) is 15.6 Å². The average molecular weight is 299 g/mol. The molecule has 0 saturated carbocycles. The van der Waals surface area contributed by atoms with Crippen LogP contribution in [0.25, 0.3) is 0 Å². The predicted molar refractivity (Wildman–Crippen MR) is 80.7 cm³/mol. The van der Waals surface area contributed by atoms with Gasteiger partial charge in [0.25, 0.3) is 0 Å². The highest BCUT2D eigenvalue weighted by atomic mass is 32.2. The van der Waals surface area contributed by atoms with Crippen LogP contribution in [0.3, 0.4) is 0 Å². The molecule has 2 heterocycles. The number of nitrogens with zero attached hydrogens (tertiary/aromatic N) is 2. The lowest BCUT2D eigenvalue weighted by molar-refractivity contribution is 0.389. The minimum Gasteiger partial charge on any atom is -0.484 e. The number of nitrogens with one attached hydrogen (secondary N) is 3. The SMILES string of the molecule is COC(=N)CCSCc1csc(N=C2NCCN2)n1. The molecule has 1 fully saturated rings. The van der Waals surface area contributed by atoms with Gasteiger partial charge in [-0.25, -0.2) is 4.98 Å². The van der Waals surface area contributed by atoms with Crippen molar-refractivity contribution in [2.24, 2.45) is 4.99 Å². The first-order valence-corrected chi connectivity index (χ1v) is 8.01. The highest BCUT2D eigenvalue weighted by Crippen LogP contribution is 2.22. The van der Waals surface area contributed by atoms with E-state index < -0.39 is 0 Å². The fourth-order valence-corrected chi connectivity index (χ4v) is 3.08. The van der Waals surface area contributed by atoms with E-state index in [9.17, 15) is 0 Å². The van der Waals surface area contributed by atoms with Crippen LogP contribution in [0, 0.1) is 5.41 Å². The lowest BCUT2D eigenvalue weighted by Crippen LogP contribution is -2.23. The molecule has 1 aromatic rings. The summed E-state index contributed by atoms with van der Waals surface area (Å²) in [4.78, 5) is 8.84. The summed E-state index contributed by atoms with van der Waals surface area (Å²) < 4.78 is 4.81. The molecule has 1 aliphatic heterocycles. The molecule has 19 heavy (non-hydrogen) atoms.